The molecule has 0 spiro atoms. The molecule has 118 valence electrons. The lowest BCUT2D eigenvalue weighted by Crippen LogP contribution is -2.12. The second-order valence-corrected chi connectivity index (χ2v) is 8.09. The molecule has 0 radical (unpaired) electrons. The Morgan fingerprint density at radius 1 is 1.05 bits per heavy atom. The molecule has 0 N–H and O–H groups in total. The fourth-order valence-corrected chi connectivity index (χ4v) is 4.63. The molecule has 1 aromatic carbocycles. The van der Waals surface area contributed by atoms with E-state index in [1.807, 2.05) is 39.8 Å². The van der Waals surface area contributed by atoms with E-state index in [4.69, 9.17) is 0 Å². The Morgan fingerprint density at radius 3 is 2.14 bits per heavy atom. The molecule has 1 unspecified atom stereocenters. The molecular weight excluding hydrogens is 317 g/mol. The third-order valence-corrected chi connectivity index (χ3v) is 5.74. The van der Waals surface area contributed by atoms with E-state index in [0.717, 1.165) is 23.8 Å². The molecule has 0 fully saturated rings. The van der Waals surface area contributed by atoms with Gasteiger partial charge in [-0.25, -0.2) is 0 Å². The van der Waals surface area contributed by atoms with Crippen LogP contribution < -0.4 is 0 Å². The zero-order chi connectivity index (χ0) is 15.1. The Labute approximate surface area is 132 Å². The van der Waals surface area contributed by atoms with Crippen molar-refractivity contribution in [2.75, 3.05) is 0 Å². The molecule has 1 heterocycles. The number of halogens is 4. The van der Waals surface area contributed by atoms with Crippen molar-refractivity contribution in [3.05, 3.63) is 34.7 Å². The summed E-state index contributed by atoms with van der Waals surface area (Å²) in [6.07, 6.45) is 1.77. The van der Waals surface area contributed by atoms with Crippen LogP contribution in [-0.2, 0) is 17.3 Å². The summed E-state index contributed by atoms with van der Waals surface area (Å²) in [6.45, 7) is 7.59. The molecule has 1 atom stereocenters. The highest BCUT2D eigenvalue weighted by molar-refractivity contribution is 7.38. The molecule has 2 rings (SSSR count). The van der Waals surface area contributed by atoms with E-state index < -0.39 is 21.4 Å². The van der Waals surface area contributed by atoms with Crippen LogP contribution in [0.1, 0.15) is 44.6 Å². The van der Waals surface area contributed by atoms with Gasteiger partial charge in [-0.2, -0.15) is 0 Å². The molecule has 21 heavy (non-hydrogen) atoms. The van der Waals surface area contributed by atoms with Gasteiger partial charge in [-0.15, -0.1) is 25.6 Å². The van der Waals surface area contributed by atoms with Crippen molar-refractivity contribution < 1.29 is 13.2 Å². The van der Waals surface area contributed by atoms with E-state index >= 15 is 0 Å². The largest absolute Gasteiger partial charge is 0.600 e. The van der Waals surface area contributed by atoms with Crippen molar-refractivity contribution in [1.82, 2.24) is 0 Å². The van der Waals surface area contributed by atoms with E-state index in [1.54, 1.807) is 12.1 Å². The zero-order valence-electron chi connectivity index (χ0n) is 12.7. The minimum atomic E-state index is -4.20. The van der Waals surface area contributed by atoms with Gasteiger partial charge in [0.05, 0.1) is 10.5 Å². The predicted octanol–water partition coefficient (Wildman–Crippen LogP) is 6.74. The maximum Gasteiger partial charge on any atom is 0.600 e. The lowest BCUT2D eigenvalue weighted by molar-refractivity contribution is -0.0869. The number of aryl methyl sites for hydroxylation is 1. The first-order chi connectivity index (χ1) is 9.14. The lowest BCUT2D eigenvalue weighted by Gasteiger charge is -2.13. The van der Waals surface area contributed by atoms with Crippen molar-refractivity contribution in [2.45, 2.75) is 51.5 Å². The zero-order valence-corrected chi connectivity index (χ0v) is 14.3. The standard InChI is InChI=1S/C16H20F3S.ClH/c1-5-6-11-7-8-12-10-14(15(2,3)4)20(13(12)9-11)16(17,18)19;/h7-10H,5-6H2,1-4H3;1H/q+1;. The van der Waals surface area contributed by atoms with Gasteiger partial charge in [-0.1, -0.05) is 40.2 Å². The van der Waals surface area contributed by atoms with Gasteiger partial charge in [-0.3, -0.25) is 0 Å². The summed E-state index contributed by atoms with van der Waals surface area (Å²) in [4.78, 5) is 0.494. The lowest BCUT2D eigenvalue weighted by atomic mass is 9.94. The molecule has 0 saturated carbocycles. The average Bonchev–Trinajstić information content (AvgIpc) is 2.67. The molecule has 0 amide bonds. The fraction of sp³-hybridized carbons (Fsp3) is 0.500. The van der Waals surface area contributed by atoms with Gasteiger partial charge in [0, 0.05) is 22.9 Å². The summed E-state index contributed by atoms with van der Waals surface area (Å²) in [5, 5.41) is 0.732. The summed E-state index contributed by atoms with van der Waals surface area (Å²) in [5.41, 5.74) is -3.67. The van der Waals surface area contributed by atoms with Crippen LogP contribution in [0.3, 0.4) is 0 Å². The van der Waals surface area contributed by atoms with Crippen molar-refractivity contribution in [2.24, 2.45) is 0 Å². The van der Waals surface area contributed by atoms with Crippen LogP contribution in [0.2, 0.25) is 0 Å². The first kappa shape index (κ1) is 18.3. The van der Waals surface area contributed by atoms with E-state index in [0.29, 0.717) is 9.58 Å². The highest BCUT2D eigenvalue weighted by atomic mass is 35.5. The van der Waals surface area contributed by atoms with Crippen LogP contribution in [-0.4, -0.2) is 0 Å². The quantitative estimate of drug-likeness (QED) is 0.532. The Morgan fingerprint density at radius 2 is 1.67 bits per heavy atom. The molecule has 0 aliphatic heterocycles. The second-order valence-electron chi connectivity index (χ2n) is 6.13. The minimum absolute atomic E-state index is 0. The van der Waals surface area contributed by atoms with Crippen molar-refractivity contribution in [3.8, 4) is 0 Å². The minimum Gasteiger partial charge on any atom is -0.147 e. The number of thiophene rings is 1. The van der Waals surface area contributed by atoms with Crippen LogP contribution in [0.15, 0.2) is 24.3 Å². The fourth-order valence-electron chi connectivity index (χ4n) is 2.41. The number of benzene rings is 1. The van der Waals surface area contributed by atoms with E-state index in [2.05, 4.69) is 0 Å². The Kier molecular flexibility index (Phi) is 5.38. The molecule has 2 aromatic rings. The molecule has 1 aromatic heterocycles. The number of alkyl halides is 3. The Hall–Kier alpha value is -0.740. The highest BCUT2D eigenvalue weighted by Crippen LogP contribution is 2.54. The number of hydrogen-bond acceptors (Lipinski definition) is 0. The van der Waals surface area contributed by atoms with Gasteiger partial charge in [-0.05, 0) is 18.1 Å². The number of rotatable bonds is 2. The summed E-state index contributed by atoms with van der Waals surface area (Å²) < 4.78 is 41.0. The maximum atomic E-state index is 13.5. The summed E-state index contributed by atoms with van der Waals surface area (Å²) in [7, 11) is -1.78. The SMILES string of the molecule is CCCc1ccc2cc(C(C)(C)C)[s+](C(F)(F)F)c2c1.Cl. The first-order valence-corrected chi connectivity index (χ1v) is 8.03. The molecular formula is C16H21ClF3S+. The van der Waals surface area contributed by atoms with Gasteiger partial charge < -0.3 is 0 Å². The van der Waals surface area contributed by atoms with Gasteiger partial charge in [0.15, 0.2) is 9.58 Å². The average molecular weight is 338 g/mol. The summed E-state index contributed by atoms with van der Waals surface area (Å²) in [5.74, 6) is 0. The van der Waals surface area contributed by atoms with Gasteiger partial charge in [0.1, 0.15) is 0 Å². The van der Waals surface area contributed by atoms with Crippen LogP contribution in [0.25, 0.3) is 10.1 Å². The maximum absolute atomic E-state index is 13.5. The normalized spacial score (nSPS) is 13.4. The molecule has 0 saturated heterocycles. The van der Waals surface area contributed by atoms with Gasteiger partial charge in [0.2, 0.25) is 0 Å². The topological polar surface area (TPSA) is 0 Å². The molecule has 0 nitrogen and oxygen atoms in total. The van der Waals surface area contributed by atoms with Crippen LogP contribution in [0.4, 0.5) is 13.2 Å². The summed E-state index contributed by atoms with van der Waals surface area (Å²) in [6, 6.07) is 7.28. The van der Waals surface area contributed by atoms with E-state index in [-0.39, 0.29) is 12.4 Å². The Balaban J connectivity index is 0.00000220. The molecule has 0 aliphatic carbocycles. The van der Waals surface area contributed by atoms with Gasteiger partial charge >= 0.3 is 5.51 Å². The first-order valence-electron chi connectivity index (χ1n) is 6.81. The van der Waals surface area contributed by atoms with Crippen molar-refractivity contribution >= 4 is 33.0 Å². The number of fused-ring (bicyclic) bond motifs is 1. The molecule has 5 heteroatoms. The molecule has 0 aliphatic rings. The second kappa shape index (κ2) is 6.17. The summed E-state index contributed by atoms with van der Waals surface area (Å²) >= 11 is 0. The predicted molar refractivity (Wildman–Crippen MR) is 87.7 cm³/mol. The number of hydrogen-bond donors (Lipinski definition) is 0. The Bertz CT molecular complexity index is 621. The molecule has 0 bridgehead atoms. The van der Waals surface area contributed by atoms with Crippen LogP contribution in [0, 0.1) is 0 Å². The highest BCUT2D eigenvalue weighted by Gasteiger charge is 2.50. The monoisotopic (exact) mass is 337 g/mol. The third kappa shape index (κ3) is 3.72. The smallest absolute Gasteiger partial charge is 0.147 e. The van der Waals surface area contributed by atoms with Crippen molar-refractivity contribution in [3.63, 3.8) is 0 Å². The third-order valence-electron chi connectivity index (χ3n) is 3.31. The van der Waals surface area contributed by atoms with Crippen LogP contribution >= 0.6 is 22.9 Å². The van der Waals surface area contributed by atoms with Crippen molar-refractivity contribution in [1.29, 1.82) is 0 Å². The van der Waals surface area contributed by atoms with E-state index in [9.17, 15) is 13.2 Å². The van der Waals surface area contributed by atoms with E-state index in [1.165, 1.54) is 0 Å². The van der Waals surface area contributed by atoms with Gasteiger partial charge in [0.25, 0.3) is 0 Å². The van der Waals surface area contributed by atoms with Crippen LogP contribution in [0.5, 0.6) is 0 Å².